The van der Waals surface area contributed by atoms with Crippen molar-refractivity contribution in [3.05, 3.63) is 81.7 Å². The number of benzene rings is 2. The molecule has 2 heterocycles. The van der Waals surface area contributed by atoms with E-state index in [4.69, 9.17) is 14.2 Å². The van der Waals surface area contributed by atoms with Gasteiger partial charge in [0.15, 0.2) is 5.76 Å². The van der Waals surface area contributed by atoms with Crippen molar-refractivity contribution in [1.82, 2.24) is 0 Å². The van der Waals surface area contributed by atoms with Crippen molar-refractivity contribution in [3.8, 4) is 17.2 Å². The van der Waals surface area contributed by atoms with E-state index in [1.165, 1.54) is 0 Å². The molecule has 0 atom stereocenters. The number of methoxy groups -OCH3 is 1. The molecule has 1 aliphatic heterocycles. The number of hydrogen-bond acceptors (Lipinski definition) is 5. The van der Waals surface area contributed by atoms with Crippen LogP contribution in [0.5, 0.6) is 17.2 Å². The fourth-order valence-corrected chi connectivity index (χ4v) is 3.34. The maximum Gasteiger partial charge on any atom is 0.232 e. The number of allylic oxidation sites excluding steroid dienone is 1. The van der Waals surface area contributed by atoms with E-state index in [1.807, 2.05) is 41.8 Å². The van der Waals surface area contributed by atoms with Crippen molar-refractivity contribution in [2.24, 2.45) is 0 Å². The van der Waals surface area contributed by atoms with E-state index >= 15 is 0 Å². The largest absolute Gasteiger partial charge is 0.497 e. The summed E-state index contributed by atoms with van der Waals surface area (Å²) in [5, 5.41) is 1.96. The molecule has 4 nitrogen and oxygen atoms in total. The summed E-state index contributed by atoms with van der Waals surface area (Å²) >= 11 is 1.56. The SMILES string of the molecule is COc1cccc(COc2ccc3c(c2)OC(=Cc2cccs2)C3=O)c1. The van der Waals surface area contributed by atoms with Crippen LogP contribution in [0.4, 0.5) is 0 Å². The normalized spacial score (nSPS) is 14.2. The average molecular weight is 364 g/mol. The standard InChI is InChI=1S/C21H16O4S/c1-23-15-5-2-4-14(10-15)13-24-16-7-8-18-19(11-16)25-20(21(18)22)12-17-6-3-9-26-17/h2-12H,13H2,1H3. The minimum absolute atomic E-state index is 0.104. The molecule has 0 radical (unpaired) electrons. The van der Waals surface area contributed by atoms with Crippen LogP contribution < -0.4 is 14.2 Å². The second-order valence-corrected chi connectivity index (χ2v) is 6.73. The Hall–Kier alpha value is -3.05. The summed E-state index contributed by atoms with van der Waals surface area (Å²) < 4.78 is 16.8. The number of ether oxygens (including phenoxy) is 3. The van der Waals surface area contributed by atoms with Gasteiger partial charge in [0.05, 0.1) is 12.7 Å². The van der Waals surface area contributed by atoms with Crippen LogP contribution in [0.25, 0.3) is 6.08 Å². The van der Waals surface area contributed by atoms with Gasteiger partial charge in [0.25, 0.3) is 0 Å². The Kier molecular flexibility index (Phi) is 4.46. The number of fused-ring (bicyclic) bond motifs is 1. The maximum atomic E-state index is 12.4. The van der Waals surface area contributed by atoms with E-state index < -0.39 is 0 Å². The van der Waals surface area contributed by atoms with E-state index in [2.05, 4.69) is 0 Å². The van der Waals surface area contributed by atoms with E-state index in [0.717, 1.165) is 16.2 Å². The van der Waals surface area contributed by atoms with Gasteiger partial charge in [0.2, 0.25) is 5.78 Å². The van der Waals surface area contributed by atoms with E-state index in [9.17, 15) is 4.79 Å². The molecule has 1 aliphatic rings. The highest BCUT2D eigenvalue weighted by Crippen LogP contribution is 2.35. The molecule has 130 valence electrons. The number of rotatable bonds is 5. The Balaban J connectivity index is 1.49. The quantitative estimate of drug-likeness (QED) is 0.601. The molecule has 0 unspecified atom stereocenters. The highest BCUT2D eigenvalue weighted by Gasteiger charge is 2.27. The van der Waals surface area contributed by atoms with Gasteiger partial charge in [-0.05, 0) is 41.3 Å². The van der Waals surface area contributed by atoms with Gasteiger partial charge in [0.1, 0.15) is 23.9 Å². The molecular weight excluding hydrogens is 348 g/mol. The first-order chi connectivity index (χ1) is 12.7. The molecule has 0 saturated heterocycles. The molecule has 1 aromatic heterocycles. The topological polar surface area (TPSA) is 44.8 Å². The smallest absolute Gasteiger partial charge is 0.232 e. The molecule has 0 bridgehead atoms. The van der Waals surface area contributed by atoms with Crippen LogP contribution in [0, 0.1) is 0 Å². The number of Topliss-reactive ketones (excluding diaryl/α,β-unsaturated/α-hetero) is 1. The summed E-state index contributed by atoms with van der Waals surface area (Å²) in [6.07, 6.45) is 1.77. The van der Waals surface area contributed by atoms with Gasteiger partial charge in [-0.3, -0.25) is 4.79 Å². The van der Waals surface area contributed by atoms with Crippen molar-refractivity contribution in [1.29, 1.82) is 0 Å². The summed E-state index contributed by atoms with van der Waals surface area (Å²) in [5.74, 6) is 2.20. The predicted molar refractivity (Wildman–Crippen MR) is 101 cm³/mol. The lowest BCUT2D eigenvalue weighted by Crippen LogP contribution is -1.97. The van der Waals surface area contributed by atoms with Gasteiger partial charge in [-0.15, -0.1) is 11.3 Å². The number of carbonyl (C=O) groups excluding carboxylic acids is 1. The fraction of sp³-hybridized carbons (Fsp3) is 0.0952. The molecule has 0 aliphatic carbocycles. The third-order valence-electron chi connectivity index (χ3n) is 4.00. The monoisotopic (exact) mass is 364 g/mol. The zero-order valence-corrected chi connectivity index (χ0v) is 14.9. The predicted octanol–water partition coefficient (Wildman–Crippen LogP) is 4.95. The molecule has 4 rings (SSSR count). The zero-order valence-electron chi connectivity index (χ0n) is 14.1. The summed E-state index contributed by atoms with van der Waals surface area (Å²) in [6.45, 7) is 0.405. The van der Waals surface area contributed by atoms with Crippen molar-refractivity contribution < 1.29 is 19.0 Å². The Labute approximate surface area is 155 Å². The summed E-state index contributed by atoms with van der Waals surface area (Å²) in [7, 11) is 1.64. The van der Waals surface area contributed by atoms with Gasteiger partial charge in [-0.1, -0.05) is 18.2 Å². The fourth-order valence-electron chi connectivity index (χ4n) is 2.69. The van der Waals surface area contributed by atoms with Crippen molar-refractivity contribution in [2.75, 3.05) is 7.11 Å². The van der Waals surface area contributed by atoms with Crippen LogP contribution in [0.1, 0.15) is 20.8 Å². The third kappa shape index (κ3) is 3.34. The molecule has 2 aromatic carbocycles. The third-order valence-corrected chi connectivity index (χ3v) is 4.82. The van der Waals surface area contributed by atoms with Crippen molar-refractivity contribution in [2.45, 2.75) is 6.61 Å². The van der Waals surface area contributed by atoms with Crippen LogP contribution in [-0.4, -0.2) is 12.9 Å². The van der Waals surface area contributed by atoms with Crippen LogP contribution in [0.15, 0.2) is 65.7 Å². The first kappa shape index (κ1) is 16.4. The molecule has 3 aromatic rings. The Morgan fingerprint density at radius 1 is 1.08 bits per heavy atom. The minimum atomic E-state index is -0.104. The summed E-state index contributed by atoms with van der Waals surface area (Å²) in [6, 6.07) is 16.9. The van der Waals surface area contributed by atoms with Gasteiger partial charge in [-0.25, -0.2) is 0 Å². The minimum Gasteiger partial charge on any atom is -0.497 e. The maximum absolute atomic E-state index is 12.4. The summed E-state index contributed by atoms with van der Waals surface area (Å²) in [5.41, 5.74) is 1.56. The molecular formula is C21H16O4S. The molecule has 0 saturated carbocycles. The molecule has 0 N–H and O–H groups in total. The second-order valence-electron chi connectivity index (χ2n) is 5.75. The van der Waals surface area contributed by atoms with Gasteiger partial charge in [0, 0.05) is 17.0 Å². The second kappa shape index (κ2) is 7.06. The Bertz CT molecular complexity index is 973. The lowest BCUT2D eigenvalue weighted by atomic mass is 10.1. The first-order valence-electron chi connectivity index (χ1n) is 8.10. The zero-order chi connectivity index (χ0) is 17.9. The van der Waals surface area contributed by atoms with Gasteiger partial charge in [-0.2, -0.15) is 0 Å². The van der Waals surface area contributed by atoms with E-state index in [1.54, 1.807) is 42.7 Å². The highest BCUT2D eigenvalue weighted by atomic mass is 32.1. The number of ketones is 1. The Morgan fingerprint density at radius 2 is 2.00 bits per heavy atom. The van der Waals surface area contributed by atoms with E-state index in [-0.39, 0.29) is 5.78 Å². The van der Waals surface area contributed by atoms with Gasteiger partial charge >= 0.3 is 0 Å². The highest BCUT2D eigenvalue weighted by molar-refractivity contribution is 7.10. The molecule has 0 fully saturated rings. The van der Waals surface area contributed by atoms with E-state index in [0.29, 0.717) is 29.4 Å². The average Bonchev–Trinajstić information content (AvgIpc) is 3.29. The van der Waals surface area contributed by atoms with Crippen LogP contribution in [0.3, 0.4) is 0 Å². The number of thiophene rings is 1. The van der Waals surface area contributed by atoms with Crippen LogP contribution in [-0.2, 0) is 6.61 Å². The molecule has 0 spiro atoms. The lowest BCUT2D eigenvalue weighted by molar-refractivity contribution is 0.101. The lowest BCUT2D eigenvalue weighted by Gasteiger charge is -2.08. The summed E-state index contributed by atoms with van der Waals surface area (Å²) in [4.78, 5) is 13.4. The number of hydrogen-bond donors (Lipinski definition) is 0. The van der Waals surface area contributed by atoms with Crippen LogP contribution in [0.2, 0.25) is 0 Å². The number of carbonyl (C=O) groups is 1. The molecule has 26 heavy (non-hydrogen) atoms. The molecule has 5 heteroatoms. The van der Waals surface area contributed by atoms with Crippen molar-refractivity contribution >= 4 is 23.2 Å². The van der Waals surface area contributed by atoms with Crippen LogP contribution >= 0.6 is 11.3 Å². The molecule has 0 amide bonds. The van der Waals surface area contributed by atoms with Crippen molar-refractivity contribution in [3.63, 3.8) is 0 Å². The van der Waals surface area contributed by atoms with Gasteiger partial charge < -0.3 is 14.2 Å². The Morgan fingerprint density at radius 3 is 2.81 bits per heavy atom. The first-order valence-corrected chi connectivity index (χ1v) is 8.98.